The lowest BCUT2D eigenvalue weighted by Gasteiger charge is -2.32. The van der Waals surface area contributed by atoms with E-state index in [-0.39, 0.29) is 29.3 Å². The van der Waals surface area contributed by atoms with E-state index in [1.165, 1.54) is 6.07 Å². The molecule has 0 atom stereocenters. The summed E-state index contributed by atoms with van der Waals surface area (Å²) in [5.74, 6) is -0.810. The molecule has 1 aliphatic heterocycles. The number of carbonyl (C=O) groups excluding carboxylic acids is 2. The Morgan fingerprint density at radius 2 is 1.67 bits per heavy atom. The minimum Gasteiger partial charge on any atom is -0.478 e. The molecule has 6 nitrogen and oxygen atoms in total. The van der Waals surface area contributed by atoms with Crippen LogP contribution in [0.4, 0.5) is 0 Å². The van der Waals surface area contributed by atoms with Crippen molar-refractivity contribution in [2.45, 2.75) is 38.6 Å². The Kier molecular flexibility index (Phi) is 4.55. The molecule has 0 bridgehead atoms. The van der Waals surface area contributed by atoms with Gasteiger partial charge < -0.3 is 15.3 Å². The first-order valence-electron chi connectivity index (χ1n) is 8.38. The van der Waals surface area contributed by atoms with Gasteiger partial charge in [0.2, 0.25) is 5.91 Å². The molecule has 1 saturated heterocycles. The number of likely N-dealkylation sites (tertiary alicyclic amines) is 1. The Labute approximate surface area is 140 Å². The number of benzene rings is 1. The summed E-state index contributed by atoms with van der Waals surface area (Å²) >= 11 is 0. The first-order chi connectivity index (χ1) is 11.4. The number of hydrogen-bond donors (Lipinski definition) is 2. The lowest BCUT2D eigenvalue weighted by Crippen LogP contribution is -2.47. The number of rotatable bonds is 4. The Bertz CT molecular complexity index is 674. The maximum atomic E-state index is 12.4. The van der Waals surface area contributed by atoms with Crippen molar-refractivity contribution in [3.05, 3.63) is 34.9 Å². The monoisotopic (exact) mass is 330 g/mol. The second-order valence-corrected chi connectivity index (χ2v) is 6.74. The zero-order chi connectivity index (χ0) is 17.3. The highest BCUT2D eigenvalue weighted by Crippen LogP contribution is 2.31. The molecule has 6 heteroatoms. The summed E-state index contributed by atoms with van der Waals surface area (Å²) in [6.07, 6.45) is 3.49. The molecule has 0 radical (unpaired) electrons. The van der Waals surface area contributed by atoms with Crippen LogP contribution in [0.2, 0.25) is 0 Å². The molecule has 0 unspecified atom stereocenters. The average molecular weight is 330 g/mol. The normalized spacial score (nSPS) is 18.3. The van der Waals surface area contributed by atoms with E-state index in [1.807, 2.05) is 4.90 Å². The molecule has 2 N–H and O–H groups in total. The van der Waals surface area contributed by atoms with Crippen molar-refractivity contribution in [2.24, 2.45) is 5.92 Å². The van der Waals surface area contributed by atoms with Gasteiger partial charge in [-0.25, -0.2) is 4.79 Å². The van der Waals surface area contributed by atoms with E-state index >= 15 is 0 Å². The Morgan fingerprint density at radius 1 is 1.04 bits per heavy atom. The van der Waals surface area contributed by atoms with Crippen molar-refractivity contribution in [1.82, 2.24) is 10.2 Å². The summed E-state index contributed by atoms with van der Waals surface area (Å²) in [6.45, 7) is 3.12. The fourth-order valence-corrected chi connectivity index (χ4v) is 3.14. The second-order valence-electron chi connectivity index (χ2n) is 6.74. The summed E-state index contributed by atoms with van der Waals surface area (Å²) in [6, 6.07) is 4.65. The van der Waals surface area contributed by atoms with Crippen molar-refractivity contribution in [3.8, 4) is 0 Å². The standard InChI is InChI=1S/C18H22N2O4/c1-11-8-13(10-14(9-11)18(23)24)16(21)19-15-4-6-20(7-5-15)17(22)12-2-3-12/h8-10,12,15H,2-7H2,1H3,(H,19,21)(H,23,24). The van der Waals surface area contributed by atoms with Crippen LogP contribution >= 0.6 is 0 Å². The Hall–Kier alpha value is -2.37. The number of hydrogen-bond acceptors (Lipinski definition) is 3. The first kappa shape index (κ1) is 16.5. The van der Waals surface area contributed by atoms with E-state index in [1.54, 1.807) is 19.1 Å². The van der Waals surface area contributed by atoms with Gasteiger partial charge in [0.15, 0.2) is 0 Å². The van der Waals surface area contributed by atoms with Gasteiger partial charge in [0, 0.05) is 30.6 Å². The molecule has 0 aromatic heterocycles. The number of aryl methyl sites for hydroxylation is 1. The van der Waals surface area contributed by atoms with Crippen LogP contribution in [0.3, 0.4) is 0 Å². The maximum Gasteiger partial charge on any atom is 0.335 e. The van der Waals surface area contributed by atoms with Gasteiger partial charge in [-0.2, -0.15) is 0 Å². The molecule has 3 rings (SSSR count). The largest absolute Gasteiger partial charge is 0.478 e. The van der Waals surface area contributed by atoms with Gasteiger partial charge in [0.1, 0.15) is 0 Å². The molecule has 24 heavy (non-hydrogen) atoms. The Balaban J connectivity index is 1.57. The van der Waals surface area contributed by atoms with Gasteiger partial charge in [-0.15, -0.1) is 0 Å². The van der Waals surface area contributed by atoms with Crippen LogP contribution in [0.5, 0.6) is 0 Å². The molecule has 2 aliphatic rings. The van der Waals surface area contributed by atoms with Crippen molar-refractivity contribution in [3.63, 3.8) is 0 Å². The maximum absolute atomic E-state index is 12.4. The smallest absolute Gasteiger partial charge is 0.335 e. The molecule has 1 aliphatic carbocycles. The van der Waals surface area contributed by atoms with Crippen LogP contribution in [0.1, 0.15) is 52.0 Å². The van der Waals surface area contributed by atoms with Crippen LogP contribution in [0.25, 0.3) is 0 Å². The predicted molar refractivity (Wildman–Crippen MR) is 87.9 cm³/mol. The van der Waals surface area contributed by atoms with Crippen molar-refractivity contribution < 1.29 is 19.5 Å². The molecule has 1 aromatic carbocycles. The van der Waals surface area contributed by atoms with Crippen LogP contribution in [0, 0.1) is 12.8 Å². The number of amides is 2. The number of carboxylic acid groups (broad SMARTS) is 1. The fraction of sp³-hybridized carbons (Fsp3) is 0.500. The predicted octanol–water partition coefficient (Wildman–Crippen LogP) is 1.82. The van der Waals surface area contributed by atoms with Crippen molar-refractivity contribution in [2.75, 3.05) is 13.1 Å². The topological polar surface area (TPSA) is 86.7 Å². The lowest BCUT2D eigenvalue weighted by atomic mass is 10.0. The van der Waals surface area contributed by atoms with Gasteiger partial charge in [0.05, 0.1) is 5.56 Å². The number of nitrogens with one attached hydrogen (secondary N) is 1. The van der Waals surface area contributed by atoms with Gasteiger partial charge in [0.25, 0.3) is 5.91 Å². The summed E-state index contributed by atoms with van der Waals surface area (Å²) in [5.41, 5.74) is 1.22. The van der Waals surface area contributed by atoms with E-state index in [2.05, 4.69) is 5.32 Å². The van der Waals surface area contributed by atoms with E-state index in [4.69, 9.17) is 5.11 Å². The Morgan fingerprint density at radius 3 is 2.25 bits per heavy atom. The molecular formula is C18H22N2O4. The summed E-state index contributed by atoms with van der Waals surface area (Å²) in [5, 5.41) is 12.1. The van der Waals surface area contributed by atoms with Crippen LogP contribution in [-0.4, -0.2) is 46.9 Å². The zero-order valence-electron chi connectivity index (χ0n) is 13.7. The third kappa shape index (κ3) is 3.75. The molecule has 128 valence electrons. The van der Waals surface area contributed by atoms with E-state index in [0.29, 0.717) is 18.7 Å². The third-order valence-electron chi connectivity index (χ3n) is 4.65. The number of carbonyl (C=O) groups is 3. The van der Waals surface area contributed by atoms with Crippen molar-refractivity contribution in [1.29, 1.82) is 0 Å². The number of aromatic carboxylic acids is 1. The number of nitrogens with zero attached hydrogens (tertiary/aromatic N) is 1. The van der Waals surface area contributed by atoms with E-state index in [9.17, 15) is 14.4 Å². The highest BCUT2D eigenvalue weighted by molar-refractivity contribution is 5.98. The van der Waals surface area contributed by atoms with Crippen LogP contribution in [0.15, 0.2) is 18.2 Å². The van der Waals surface area contributed by atoms with Gasteiger partial charge >= 0.3 is 5.97 Å². The zero-order valence-corrected chi connectivity index (χ0v) is 13.7. The molecule has 2 fully saturated rings. The summed E-state index contributed by atoms with van der Waals surface area (Å²) in [7, 11) is 0. The molecule has 2 amide bonds. The minimum absolute atomic E-state index is 0.0227. The van der Waals surface area contributed by atoms with Gasteiger partial charge in [-0.1, -0.05) is 0 Å². The average Bonchev–Trinajstić information content (AvgIpc) is 3.39. The fourth-order valence-electron chi connectivity index (χ4n) is 3.14. The summed E-state index contributed by atoms with van der Waals surface area (Å²) < 4.78 is 0. The highest BCUT2D eigenvalue weighted by Gasteiger charge is 2.35. The van der Waals surface area contributed by atoms with Crippen LogP contribution < -0.4 is 5.32 Å². The SMILES string of the molecule is Cc1cc(C(=O)O)cc(C(=O)NC2CCN(C(=O)C3CC3)CC2)c1. The molecule has 1 aromatic rings. The van der Waals surface area contributed by atoms with Gasteiger partial charge in [-0.05, 0) is 56.4 Å². The first-order valence-corrected chi connectivity index (χ1v) is 8.38. The molecular weight excluding hydrogens is 308 g/mol. The van der Waals surface area contributed by atoms with E-state index in [0.717, 1.165) is 31.2 Å². The highest BCUT2D eigenvalue weighted by atomic mass is 16.4. The second kappa shape index (κ2) is 6.63. The minimum atomic E-state index is -1.04. The molecule has 1 heterocycles. The van der Waals surface area contributed by atoms with Crippen LogP contribution in [-0.2, 0) is 4.79 Å². The van der Waals surface area contributed by atoms with Gasteiger partial charge in [-0.3, -0.25) is 9.59 Å². The molecule has 0 spiro atoms. The molecule has 1 saturated carbocycles. The summed E-state index contributed by atoms with van der Waals surface area (Å²) in [4.78, 5) is 37.4. The third-order valence-corrected chi connectivity index (χ3v) is 4.65. The number of piperidine rings is 1. The lowest BCUT2D eigenvalue weighted by molar-refractivity contribution is -0.133. The van der Waals surface area contributed by atoms with Crippen molar-refractivity contribution >= 4 is 17.8 Å². The quantitative estimate of drug-likeness (QED) is 0.882. The number of carboxylic acids is 1. The van der Waals surface area contributed by atoms with E-state index < -0.39 is 5.97 Å².